The third-order valence-electron chi connectivity index (χ3n) is 6.13. The molecule has 1 aromatic heterocycles. The maximum atomic E-state index is 14.9. The molecule has 0 spiro atoms. The Morgan fingerprint density at radius 3 is 2.58 bits per heavy atom. The SMILES string of the molecule is Cc1nnc(-c2ccc(-c3cccc4c3C(=O)N([C@H](C3CC3)C(C)(C)O)C4)cc2F)o1. The number of fused-ring (bicyclic) bond motifs is 1. The number of rotatable bonds is 5. The lowest BCUT2D eigenvalue weighted by Crippen LogP contribution is -2.51. The predicted octanol–water partition coefficient (Wildman–Crippen LogP) is 4.36. The van der Waals surface area contributed by atoms with E-state index in [2.05, 4.69) is 10.2 Å². The summed E-state index contributed by atoms with van der Waals surface area (Å²) in [5.74, 6) is 0.202. The van der Waals surface area contributed by atoms with E-state index < -0.39 is 11.4 Å². The van der Waals surface area contributed by atoms with Crippen LogP contribution >= 0.6 is 0 Å². The third-order valence-corrected chi connectivity index (χ3v) is 6.13. The second kappa shape index (κ2) is 6.99. The van der Waals surface area contributed by atoms with Crippen molar-refractivity contribution in [1.29, 1.82) is 0 Å². The molecule has 0 bridgehead atoms. The summed E-state index contributed by atoms with van der Waals surface area (Å²) in [6, 6.07) is 10.2. The average Bonchev–Trinajstić information content (AvgIpc) is 3.35. The van der Waals surface area contributed by atoms with Gasteiger partial charge in [-0.05, 0) is 61.4 Å². The molecule has 2 heterocycles. The summed E-state index contributed by atoms with van der Waals surface area (Å²) >= 11 is 0. The molecule has 7 heteroatoms. The van der Waals surface area contributed by atoms with Crippen LogP contribution in [-0.4, -0.2) is 37.8 Å². The van der Waals surface area contributed by atoms with Crippen molar-refractivity contribution in [2.45, 2.75) is 51.8 Å². The van der Waals surface area contributed by atoms with Crippen LogP contribution in [-0.2, 0) is 6.54 Å². The van der Waals surface area contributed by atoms with Gasteiger partial charge in [-0.1, -0.05) is 24.3 Å². The number of benzene rings is 2. The van der Waals surface area contributed by atoms with Crippen molar-refractivity contribution in [3.63, 3.8) is 0 Å². The van der Waals surface area contributed by atoms with Crippen LogP contribution in [0.3, 0.4) is 0 Å². The van der Waals surface area contributed by atoms with Crippen molar-refractivity contribution in [2.24, 2.45) is 5.92 Å². The second-order valence-corrected chi connectivity index (χ2v) is 9.03. The molecule has 1 aliphatic heterocycles. The number of halogens is 1. The number of aromatic nitrogens is 2. The van der Waals surface area contributed by atoms with Gasteiger partial charge in [-0.25, -0.2) is 4.39 Å². The Bertz CT molecular complexity index is 1180. The first-order valence-corrected chi connectivity index (χ1v) is 10.5. The second-order valence-electron chi connectivity index (χ2n) is 9.03. The zero-order valence-corrected chi connectivity index (χ0v) is 17.7. The van der Waals surface area contributed by atoms with Gasteiger partial charge in [0.15, 0.2) is 0 Å². The predicted molar refractivity (Wildman–Crippen MR) is 113 cm³/mol. The van der Waals surface area contributed by atoms with Crippen molar-refractivity contribution in [3.05, 3.63) is 59.2 Å². The van der Waals surface area contributed by atoms with Gasteiger partial charge in [0.05, 0.1) is 22.8 Å². The summed E-state index contributed by atoms with van der Waals surface area (Å²) in [6.07, 6.45) is 2.03. The minimum absolute atomic E-state index is 0.110. The number of hydrogen-bond acceptors (Lipinski definition) is 5. The summed E-state index contributed by atoms with van der Waals surface area (Å²) in [6.45, 7) is 5.63. The highest BCUT2D eigenvalue weighted by Gasteiger charge is 2.48. The van der Waals surface area contributed by atoms with Crippen molar-refractivity contribution in [2.75, 3.05) is 0 Å². The van der Waals surface area contributed by atoms with Crippen molar-refractivity contribution in [1.82, 2.24) is 15.1 Å². The third kappa shape index (κ3) is 3.43. The first-order chi connectivity index (χ1) is 14.7. The van der Waals surface area contributed by atoms with Gasteiger partial charge >= 0.3 is 0 Å². The zero-order valence-electron chi connectivity index (χ0n) is 17.7. The van der Waals surface area contributed by atoms with Crippen LogP contribution in [0.5, 0.6) is 0 Å². The lowest BCUT2D eigenvalue weighted by atomic mass is 9.92. The van der Waals surface area contributed by atoms with Crippen LogP contribution in [0.4, 0.5) is 4.39 Å². The van der Waals surface area contributed by atoms with Crippen LogP contribution in [0.15, 0.2) is 40.8 Å². The monoisotopic (exact) mass is 421 g/mol. The molecule has 0 unspecified atom stereocenters. The Balaban J connectivity index is 1.53. The lowest BCUT2D eigenvalue weighted by Gasteiger charge is -2.37. The normalized spacial score (nSPS) is 17.2. The minimum Gasteiger partial charge on any atom is -0.421 e. The molecule has 1 saturated carbocycles. The number of nitrogens with zero attached hydrogens (tertiary/aromatic N) is 3. The van der Waals surface area contributed by atoms with Crippen molar-refractivity contribution < 1.29 is 18.7 Å². The molecule has 1 aliphatic carbocycles. The number of amides is 1. The van der Waals surface area contributed by atoms with Crippen molar-refractivity contribution >= 4 is 5.91 Å². The standard InChI is InChI=1S/C24H24FN3O3/c1-13-26-27-22(31-13)18-10-9-15(11-19(18)25)17-6-4-5-16-12-28(23(29)20(16)17)21(14-7-8-14)24(2,3)30/h4-6,9-11,14,21,30H,7-8,12H2,1-3H3/t21-/m1/s1. The highest BCUT2D eigenvalue weighted by Crippen LogP contribution is 2.44. The van der Waals surface area contributed by atoms with Crippen LogP contribution < -0.4 is 0 Å². The largest absolute Gasteiger partial charge is 0.421 e. The number of aryl methyl sites for hydroxylation is 1. The molecule has 3 aromatic rings. The van der Waals surface area contributed by atoms with Crippen LogP contribution in [0.25, 0.3) is 22.6 Å². The molecule has 1 N–H and O–H groups in total. The Labute approximate surface area is 179 Å². The van der Waals surface area contributed by atoms with Gasteiger partial charge < -0.3 is 14.4 Å². The fourth-order valence-corrected chi connectivity index (χ4v) is 4.73. The lowest BCUT2D eigenvalue weighted by molar-refractivity contribution is -0.0224. The molecule has 5 rings (SSSR count). The van der Waals surface area contributed by atoms with E-state index in [1.54, 1.807) is 37.8 Å². The summed E-state index contributed by atoms with van der Waals surface area (Å²) < 4.78 is 20.2. The molecule has 2 aliphatic rings. The highest BCUT2D eigenvalue weighted by atomic mass is 19.1. The summed E-state index contributed by atoms with van der Waals surface area (Å²) in [5, 5.41) is 18.4. The smallest absolute Gasteiger partial charge is 0.255 e. The molecule has 2 aromatic carbocycles. The Kier molecular flexibility index (Phi) is 4.48. The summed E-state index contributed by atoms with van der Waals surface area (Å²) in [7, 11) is 0. The Morgan fingerprint density at radius 2 is 1.97 bits per heavy atom. The minimum atomic E-state index is -0.991. The molecular weight excluding hydrogens is 397 g/mol. The van der Waals surface area contributed by atoms with Crippen molar-refractivity contribution in [3.8, 4) is 22.6 Å². The summed E-state index contributed by atoms with van der Waals surface area (Å²) in [4.78, 5) is 15.3. The molecular formula is C24H24FN3O3. The quantitative estimate of drug-likeness (QED) is 0.662. The number of aliphatic hydroxyl groups is 1. The molecule has 1 atom stereocenters. The van der Waals surface area contributed by atoms with E-state index in [1.165, 1.54) is 6.07 Å². The van der Waals surface area contributed by atoms with E-state index in [0.717, 1.165) is 18.4 Å². The Morgan fingerprint density at radius 1 is 1.19 bits per heavy atom. The number of carbonyl (C=O) groups excluding carboxylic acids is 1. The van der Waals surface area contributed by atoms with E-state index >= 15 is 0 Å². The summed E-state index contributed by atoms with van der Waals surface area (Å²) in [5.41, 5.74) is 2.00. The molecule has 0 radical (unpaired) electrons. The highest BCUT2D eigenvalue weighted by molar-refractivity contribution is 6.04. The Hall–Kier alpha value is -3.06. The van der Waals surface area contributed by atoms with Crippen LogP contribution in [0.2, 0.25) is 0 Å². The van der Waals surface area contributed by atoms with Crippen LogP contribution in [0.1, 0.15) is 48.5 Å². The topological polar surface area (TPSA) is 79.5 Å². The maximum Gasteiger partial charge on any atom is 0.255 e. The molecule has 1 amide bonds. The van der Waals surface area contributed by atoms with E-state index in [1.807, 2.05) is 18.2 Å². The first kappa shape index (κ1) is 19.9. The van der Waals surface area contributed by atoms with E-state index in [9.17, 15) is 14.3 Å². The molecule has 0 saturated heterocycles. The first-order valence-electron chi connectivity index (χ1n) is 10.5. The van der Waals surface area contributed by atoms with E-state index in [4.69, 9.17) is 4.42 Å². The van der Waals surface area contributed by atoms with Gasteiger partial charge in [0.25, 0.3) is 11.8 Å². The molecule has 160 valence electrons. The van der Waals surface area contributed by atoms with E-state index in [-0.39, 0.29) is 23.4 Å². The molecule has 31 heavy (non-hydrogen) atoms. The fourth-order valence-electron chi connectivity index (χ4n) is 4.73. The fraction of sp³-hybridized carbons (Fsp3) is 0.375. The molecule has 1 fully saturated rings. The van der Waals surface area contributed by atoms with Gasteiger partial charge in [0.2, 0.25) is 5.89 Å². The number of carbonyl (C=O) groups is 1. The average molecular weight is 421 g/mol. The van der Waals surface area contributed by atoms with Gasteiger partial charge in [-0.2, -0.15) is 0 Å². The van der Waals surface area contributed by atoms with E-state index in [0.29, 0.717) is 35.0 Å². The maximum absolute atomic E-state index is 14.9. The zero-order chi connectivity index (χ0) is 21.9. The van der Waals surface area contributed by atoms with Gasteiger partial charge in [-0.15, -0.1) is 10.2 Å². The number of hydrogen-bond donors (Lipinski definition) is 1. The van der Waals surface area contributed by atoms with Gasteiger partial charge in [-0.3, -0.25) is 4.79 Å². The molecule has 6 nitrogen and oxygen atoms in total. The van der Waals surface area contributed by atoms with Gasteiger partial charge in [0.1, 0.15) is 5.82 Å². The van der Waals surface area contributed by atoms with Gasteiger partial charge in [0, 0.05) is 13.5 Å². The van der Waals surface area contributed by atoms with Crippen LogP contribution in [0, 0.1) is 18.7 Å².